The van der Waals surface area contributed by atoms with Gasteiger partial charge in [-0.25, -0.2) is 5.43 Å². The largest absolute Gasteiger partial charge is 0.490 e. The Bertz CT molecular complexity index is 896. The van der Waals surface area contributed by atoms with E-state index in [0.29, 0.717) is 24.7 Å². The van der Waals surface area contributed by atoms with Gasteiger partial charge in [0.05, 0.1) is 19.4 Å². The smallest absolute Gasteiger partial charge is 0.249 e. The molecule has 0 aliphatic heterocycles. The maximum atomic E-state index is 12.1. The van der Waals surface area contributed by atoms with Crippen LogP contribution in [-0.2, 0) is 16.0 Å². The van der Waals surface area contributed by atoms with Crippen LogP contribution in [0.4, 0.5) is 5.69 Å². The zero-order chi connectivity index (χ0) is 22.5. The third-order valence-electron chi connectivity index (χ3n) is 4.42. The second kappa shape index (κ2) is 13.1. The van der Waals surface area contributed by atoms with E-state index in [4.69, 9.17) is 9.47 Å². The van der Waals surface area contributed by atoms with Crippen LogP contribution in [0.15, 0.2) is 47.6 Å². The molecule has 7 nitrogen and oxygen atoms in total. The number of rotatable bonds is 12. The molecule has 0 fully saturated rings. The number of hydrogen-bond acceptors (Lipinski definition) is 5. The molecule has 0 aliphatic rings. The van der Waals surface area contributed by atoms with Gasteiger partial charge in [-0.15, -0.1) is 0 Å². The number of nitrogens with zero attached hydrogens (tertiary/aromatic N) is 1. The van der Waals surface area contributed by atoms with Gasteiger partial charge < -0.3 is 14.8 Å². The van der Waals surface area contributed by atoms with E-state index >= 15 is 0 Å². The van der Waals surface area contributed by atoms with Crippen LogP contribution in [0, 0.1) is 0 Å². The number of benzene rings is 2. The van der Waals surface area contributed by atoms with Gasteiger partial charge in [-0.05, 0) is 55.2 Å². The Balaban J connectivity index is 1.89. The van der Waals surface area contributed by atoms with Crippen molar-refractivity contribution in [2.24, 2.45) is 5.10 Å². The Labute approximate surface area is 183 Å². The molecule has 31 heavy (non-hydrogen) atoms. The number of hydrazone groups is 1. The van der Waals surface area contributed by atoms with E-state index in [2.05, 4.69) is 22.8 Å². The van der Waals surface area contributed by atoms with Crippen LogP contribution in [0.5, 0.6) is 11.5 Å². The Morgan fingerprint density at radius 1 is 1.00 bits per heavy atom. The van der Waals surface area contributed by atoms with Crippen molar-refractivity contribution < 1.29 is 19.1 Å². The fourth-order valence-corrected chi connectivity index (χ4v) is 2.83. The average molecular weight is 426 g/mol. The first kappa shape index (κ1) is 23.9. The third kappa shape index (κ3) is 8.12. The van der Waals surface area contributed by atoms with Crippen LogP contribution in [0.3, 0.4) is 0 Å². The first-order valence-electron chi connectivity index (χ1n) is 10.7. The van der Waals surface area contributed by atoms with Gasteiger partial charge in [0.15, 0.2) is 11.5 Å². The highest BCUT2D eigenvalue weighted by atomic mass is 16.5. The molecule has 0 atom stereocenters. The molecule has 166 valence electrons. The lowest BCUT2D eigenvalue weighted by molar-refractivity contribution is -0.126. The SMILES string of the molecule is CCCCOc1ccc(C=NNC(=O)CC(=O)Nc2ccccc2CC)cc1OCC. The van der Waals surface area contributed by atoms with Crippen molar-refractivity contribution in [2.75, 3.05) is 18.5 Å². The molecule has 0 aliphatic carbocycles. The van der Waals surface area contributed by atoms with Crippen LogP contribution >= 0.6 is 0 Å². The van der Waals surface area contributed by atoms with E-state index in [1.165, 1.54) is 6.21 Å². The molecule has 0 spiro atoms. The van der Waals surface area contributed by atoms with Crippen molar-refractivity contribution in [1.29, 1.82) is 0 Å². The third-order valence-corrected chi connectivity index (χ3v) is 4.42. The number of aryl methyl sites for hydroxylation is 1. The molecular formula is C24H31N3O4. The number of hydrogen-bond donors (Lipinski definition) is 2. The van der Waals surface area contributed by atoms with E-state index in [1.54, 1.807) is 6.07 Å². The lowest BCUT2D eigenvalue weighted by Gasteiger charge is -2.12. The topological polar surface area (TPSA) is 89.0 Å². The Morgan fingerprint density at radius 2 is 1.81 bits per heavy atom. The molecule has 2 N–H and O–H groups in total. The first-order chi connectivity index (χ1) is 15.1. The van der Waals surface area contributed by atoms with Crippen LogP contribution < -0.4 is 20.2 Å². The van der Waals surface area contributed by atoms with Gasteiger partial charge in [-0.1, -0.05) is 38.5 Å². The standard InChI is InChI=1S/C24H31N3O4/c1-4-7-14-31-21-13-12-18(15-22(21)30-6-3)17-25-27-24(29)16-23(28)26-20-11-9-8-10-19(20)5-2/h8-13,15,17H,4-7,14,16H2,1-3H3,(H,26,28)(H,27,29). The summed E-state index contributed by atoms with van der Waals surface area (Å²) in [5, 5.41) is 6.71. The summed E-state index contributed by atoms with van der Waals surface area (Å²) < 4.78 is 11.4. The van der Waals surface area contributed by atoms with E-state index in [9.17, 15) is 9.59 Å². The molecular weight excluding hydrogens is 394 g/mol. The van der Waals surface area contributed by atoms with Crippen LogP contribution in [0.25, 0.3) is 0 Å². The van der Waals surface area contributed by atoms with Crippen molar-refractivity contribution in [3.8, 4) is 11.5 Å². The summed E-state index contributed by atoms with van der Waals surface area (Å²) >= 11 is 0. The van der Waals surface area contributed by atoms with Crippen LogP contribution in [0.1, 0.15) is 51.2 Å². The fraction of sp³-hybridized carbons (Fsp3) is 0.375. The summed E-state index contributed by atoms with van der Waals surface area (Å²) in [6, 6.07) is 13.0. The maximum absolute atomic E-state index is 12.1. The molecule has 2 aromatic carbocycles. The summed E-state index contributed by atoms with van der Waals surface area (Å²) in [6.45, 7) is 7.16. The number of para-hydroxylation sites is 1. The fourth-order valence-electron chi connectivity index (χ4n) is 2.83. The molecule has 2 rings (SSSR count). The zero-order valence-electron chi connectivity index (χ0n) is 18.4. The highest BCUT2D eigenvalue weighted by Gasteiger charge is 2.11. The molecule has 0 unspecified atom stereocenters. The second-order valence-corrected chi connectivity index (χ2v) is 6.87. The van der Waals surface area contributed by atoms with E-state index in [-0.39, 0.29) is 12.3 Å². The number of anilines is 1. The lowest BCUT2D eigenvalue weighted by Crippen LogP contribution is -2.25. The Hall–Kier alpha value is -3.35. The summed E-state index contributed by atoms with van der Waals surface area (Å²) in [7, 11) is 0. The normalized spacial score (nSPS) is 10.7. The molecule has 0 saturated carbocycles. The van der Waals surface area contributed by atoms with Crippen LogP contribution in [-0.4, -0.2) is 31.2 Å². The van der Waals surface area contributed by atoms with E-state index in [0.717, 1.165) is 36.1 Å². The number of amides is 2. The van der Waals surface area contributed by atoms with Gasteiger partial charge in [0.2, 0.25) is 11.8 Å². The molecule has 0 saturated heterocycles. The predicted molar refractivity (Wildman–Crippen MR) is 123 cm³/mol. The van der Waals surface area contributed by atoms with Crippen molar-refractivity contribution >= 4 is 23.7 Å². The van der Waals surface area contributed by atoms with Crippen molar-refractivity contribution in [3.63, 3.8) is 0 Å². The lowest BCUT2D eigenvalue weighted by atomic mass is 10.1. The Morgan fingerprint density at radius 3 is 2.55 bits per heavy atom. The molecule has 0 heterocycles. The van der Waals surface area contributed by atoms with Crippen molar-refractivity contribution in [1.82, 2.24) is 5.43 Å². The minimum absolute atomic E-state index is 0.316. The quantitative estimate of drug-likeness (QED) is 0.230. The number of nitrogens with one attached hydrogen (secondary N) is 2. The van der Waals surface area contributed by atoms with Gasteiger partial charge in [0, 0.05) is 5.69 Å². The minimum Gasteiger partial charge on any atom is -0.490 e. The summed E-state index contributed by atoms with van der Waals surface area (Å²) in [4.78, 5) is 24.2. The van der Waals surface area contributed by atoms with Gasteiger partial charge in [0.1, 0.15) is 6.42 Å². The summed E-state index contributed by atoms with van der Waals surface area (Å²) in [5.74, 6) is 0.427. The summed E-state index contributed by atoms with van der Waals surface area (Å²) in [6.07, 6.45) is 4.00. The highest BCUT2D eigenvalue weighted by molar-refractivity contribution is 6.04. The second-order valence-electron chi connectivity index (χ2n) is 6.87. The molecule has 0 bridgehead atoms. The Kier molecular flexibility index (Phi) is 10.1. The number of carbonyl (C=O) groups is 2. The monoisotopic (exact) mass is 425 g/mol. The van der Waals surface area contributed by atoms with Gasteiger partial charge in [-0.2, -0.15) is 5.10 Å². The van der Waals surface area contributed by atoms with Crippen molar-refractivity contribution in [3.05, 3.63) is 53.6 Å². The van der Waals surface area contributed by atoms with Crippen molar-refractivity contribution in [2.45, 2.75) is 46.5 Å². The number of unbranched alkanes of at least 4 members (excludes halogenated alkanes) is 1. The molecule has 2 amide bonds. The minimum atomic E-state index is -0.493. The zero-order valence-corrected chi connectivity index (χ0v) is 18.4. The average Bonchev–Trinajstić information content (AvgIpc) is 2.75. The summed E-state index contributed by atoms with van der Waals surface area (Å²) in [5.41, 5.74) is 4.86. The van der Waals surface area contributed by atoms with Gasteiger partial charge >= 0.3 is 0 Å². The molecule has 0 radical (unpaired) electrons. The predicted octanol–water partition coefficient (Wildman–Crippen LogP) is 4.31. The van der Waals surface area contributed by atoms with E-state index in [1.807, 2.05) is 50.2 Å². The molecule has 0 aromatic heterocycles. The van der Waals surface area contributed by atoms with Gasteiger partial charge in [0.25, 0.3) is 0 Å². The van der Waals surface area contributed by atoms with Crippen LogP contribution in [0.2, 0.25) is 0 Å². The highest BCUT2D eigenvalue weighted by Crippen LogP contribution is 2.28. The maximum Gasteiger partial charge on any atom is 0.249 e. The van der Waals surface area contributed by atoms with Gasteiger partial charge in [-0.3, -0.25) is 9.59 Å². The molecule has 7 heteroatoms. The first-order valence-corrected chi connectivity index (χ1v) is 10.7. The molecule has 2 aromatic rings. The number of ether oxygens (including phenoxy) is 2. The number of carbonyl (C=O) groups excluding carboxylic acids is 2. The van der Waals surface area contributed by atoms with E-state index < -0.39 is 5.91 Å².